The van der Waals surface area contributed by atoms with Gasteiger partial charge in [-0.2, -0.15) is 0 Å². The molecule has 2 fully saturated rings. The summed E-state index contributed by atoms with van der Waals surface area (Å²) >= 11 is 0. The minimum Gasteiger partial charge on any atom is -0.468 e. The average molecular weight is 328 g/mol. The van der Waals surface area contributed by atoms with Crippen LogP contribution in [0.25, 0.3) is 0 Å². The van der Waals surface area contributed by atoms with Crippen molar-refractivity contribution in [2.75, 3.05) is 19.8 Å². The molecule has 1 aliphatic heterocycles. The third-order valence-electron chi connectivity index (χ3n) is 5.10. The molecule has 0 N–H and O–H groups in total. The zero-order valence-electron chi connectivity index (χ0n) is 13.8. The molecule has 2 aliphatic rings. The number of furan rings is 1. The molecule has 0 spiro atoms. The van der Waals surface area contributed by atoms with Crippen molar-refractivity contribution in [3.63, 3.8) is 0 Å². The number of nitrogens with zero attached hydrogens (tertiary/aromatic N) is 2. The van der Waals surface area contributed by atoms with Crippen LogP contribution in [0.3, 0.4) is 0 Å². The lowest BCUT2D eigenvalue weighted by atomic mass is 10.0. The van der Waals surface area contributed by atoms with Gasteiger partial charge < -0.3 is 13.9 Å². The van der Waals surface area contributed by atoms with Crippen LogP contribution in [0.5, 0.6) is 0 Å². The summed E-state index contributed by atoms with van der Waals surface area (Å²) in [4.78, 5) is 6.63. The van der Waals surface area contributed by atoms with Crippen molar-refractivity contribution in [1.82, 2.24) is 9.88 Å². The molecule has 3 heterocycles. The van der Waals surface area contributed by atoms with Gasteiger partial charge in [-0.05, 0) is 36.6 Å². The van der Waals surface area contributed by atoms with Gasteiger partial charge >= 0.3 is 0 Å². The van der Waals surface area contributed by atoms with Gasteiger partial charge in [0.1, 0.15) is 5.76 Å². The lowest BCUT2D eigenvalue weighted by Gasteiger charge is -2.38. The van der Waals surface area contributed by atoms with E-state index in [2.05, 4.69) is 9.88 Å². The van der Waals surface area contributed by atoms with Crippen LogP contribution < -0.4 is 0 Å². The highest BCUT2D eigenvalue weighted by Crippen LogP contribution is 2.35. The molecule has 5 nitrogen and oxygen atoms in total. The molecule has 0 bridgehead atoms. The Balaban J connectivity index is 1.31. The van der Waals surface area contributed by atoms with Crippen molar-refractivity contribution in [3.8, 4) is 0 Å². The summed E-state index contributed by atoms with van der Waals surface area (Å²) in [6.07, 6.45) is 8.01. The molecule has 3 unspecified atom stereocenters. The molecule has 1 aliphatic carbocycles. The highest BCUT2D eigenvalue weighted by atomic mass is 16.5. The van der Waals surface area contributed by atoms with Crippen LogP contribution in [0, 0.1) is 5.92 Å². The minimum atomic E-state index is 0.280. The van der Waals surface area contributed by atoms with E-state index in [1.807, 2.05) is 30.5 Å². The maximum absolute atomic E-state index is 6.10. The largest absolute Gasteiger partial charge is 0.468 e. The normalized spacial score (nSPS) is 27.2. The first kappa shape index (κ1) is 15.8. The van der Waals surface area contributed by atoms with Crippen LogP contribution in [0.2, 0.25) is 0 Å². The number of aromatic nitrogens is 1. The zero-order chi connectivity index (χ0) is 16.2. The van der Waals surface area contributed by atoms with E-state index >= 15 is 0 Å². The number of ether oxygens (including phenoxy) is 2. The molecule has 1 saturated heterocycles. The van der Waals surface area contributed by atoms with Gasteiger partial charge in [-0.1, -0.05) is 6.07 Å². The molecule has 1 saturated carbocycles. The van der Waals surface area contributed by atoms with Gasteiger partial charge in [-0.3, -0.25) is 9.88 Å². The molecule has 4 rings (SSSR count). The van der Waals surface area contributed by atoms with Gasteiger partial charge in [0.05, 0.1) is 38.7 Å². The third kappa shape index (κ3) is 3.53. The summed E-state index contributed by atoms with van der Waals surface area (Å²) in [6, 6.07) is 8.48. The molecule has 0 aromatic carbocycles. The Morgan fingerprint density at radius 3 is 3.08 bits per heavy atom. The van der Waals surface area contributed by atoms with E-state index in [1.165, 1.54) is 6.42 Å². The molecule has 0 radical (unpaired) electrons. The van der Waals surface area contributed by atoms with E-state index in [9.17, 15) is 0 Å². The molecule has 128 valence electrons. The summed E-state index contributed by atoms with van der Waals surface area (Å²) in [7, 11) is 0. The second kappa shape index (κ2) is 7.47. The Morgan fingerprint density at radius 1 is 1.25 bits per heavy atom. The number of rotatable bonds is 6. The SMILES string of the molecule is c1cncc(COCC2CCC3C2OCCN3Cc2ccco2)c1. The monoisotopic (exact) mass is 328 g/mol. The molecular formula is C19H24N2O3. The average Bonchev–Trinajstić information content (AvgIpc) is 3.27. The summed E-state index contributed by atoms with van der Waals surface area (Å²) < 4.78 is 17.6. The topological polar surface area (TPSA) is 47.7 Å². The Bertz CT molecular complexity index is 617. The quantitative estimate of drug-likeness (QED) is 0.816. The van der Waals surface area contributed by atoms with Gasteiger partial charge in [-0.15, -0.1) is 0 Å². The number of hydrogen-bond donors (Lipinski definition) is 0. The fourth-order valence-electron chi connectivity index (χ4n) is 3.93. The molecule has 2 aromatic heterocycles. The van der Waals surface area contributed by atoms with E-state index in [-0.39, 0.29) is 6.10 Å². The number of hydrogen-bond acceptors (Lipinski definition) is 5. The second-order valence-corrected chi connectivity index (χ2v) is 6.67. The summed E-state index contributed by atoms with van der Waals surface area (Å²) in [6.45, 7) is 4.02. The second-order valence-electron chi connectivity index (χ2n) is 6.67. The maximum Gasteiger partial charge on any atom is 0.117 e. The first-order chi connectivity index (χ1) is 11.9. The fourth-order valence-corrected chi connectivity index (χ4v) is 3.93. The first-order valence-electron chi connectivity index (χ1n) is 8.75. The summed E-state index contributed by atoms with van der Waals surface area (Å²) in [5.41, 5.74) is 1.12. The number of morpholine rings is 1. The van der Waals surface area contributed by atoms with Crippen LogP contribution in [-0.4, -0.2) is 41.8 Å². The van der Waals surface area contributed by atoms with Crippen LogP contribution in [0.4, 0.5) is 0 Å². The third-order valence-corrected chi connectivity index (χ3v) is 5.10. The Labute approximate surface area is 142 Å². The van der Waals surface area contributed by atoms with Crippen LogP contribution in [0.1, 0.15) is 24.2 Å². The van der Waals surface area contributed by atoms with Gasteiger partial charge in [0, 0.05) is 30.9 Å². The molecule has 0 amide bonds. The maximum atomic E-state index is 6.10. The van der Waals surface area contributed by atoms with Crippen molar-refractivity contribution in [1.29, 1.82) is 0 Å². The Morgan fingerprint density at radius 2 is 2.25 bits per heavy atom. The highest BCUT2D eigenvalue weighted by Gasteiger charge is 2.42. The number of pyridine rings is 1. The van der Waals surface area contributed by atoms with Crippen LogP contribution in [0.15, 0.2) is 47.3 Å². The number of fused-ring (bicyclic) bond motifs is 1. The highest BCUT2D eigenvalue weighted by molar-refractivity contribution is 5.07. The smallest absolute Gasteiger partial charge is 0.117 e. The predicted molar refractivity (Wildman–Crippen MR) is 89.3 cm³/mol. The molecule has 5 heteroatoms. The zero-order valence-corrected chi connectivity index (χ0v) is 13.8. The van der Waals surface area contributed by atoms with Crippen LogP contribution >= 0.6 is 0 Å². The van der Waals surface area contributed by atoms with Crippen LogP contribution in [-0.2, 0) is 22.6 Å². The van der Waals surface area contributed by atoms with Crippen molar-refractivity contribution in [2.45, 2.75) is 38.1 Å². The van der Waals surface area contributed by atoms with Crippen molar-refractivity contribution < 1.29 is 13.9 Å². The Kier molecular flexibility index (Phi) is 4.92. The molecular weight excluding hydrogens is 304 g/mol. The van der Waals surface area contributed by atoms with E-state index in [0.29, 0.717) is 18.6 Å². The van der Waals surface area contributed by atoms with Gasteiger partial charge in [-0.25, -0.2) is 0 Å². The van der Waals surface area contributed by atoms with Crippen molar-refractivity contribution in [3.05, 3.63) is 54.2 Å². The van der Waals surface area contributed by atoms with Gasteiger partial charge in [0.25, 0.3) is 0 Å². The first-order valence-corrected chi connectivity index (χ1v) is 8.75. The van der Waals surface area contributed by atoms with Crippen molar-refractivity contribution >= 4 is 0 Å². The van der Waals surface area contributed by atoms with E-state index in [4.69, 9.17) is 13.9 Å². The van der Waals surface area contributed by atoms with Crippen molar-refractivity contribution in [2.24, 2.45) is 5.92 Å². The molecule has 2 aromatic rings. The Hall–Kier alpha value is -1.69. The molecule has 3 atom stereocenters. The fraction of sp³-hybridized carbons (Fsp3) is 0.526. The van der Waals surface area contributed by atoms with E-state index in [1.54, 1.807) is 12.5 Å². The van der Waals surface area contributed by atoms with Gasteiger partial charge in [0.15, 0.2) is 0 Å². The molecule has 24 heavy (non-hydrogen) atoms. The lowest BCUT2D eigenvalue weighted by Crippen LogP contribution is -2.50. The standard InChI is InChI=1S/C19H24N2O3/c1-3-15(11-20-7-1)13-22-14-16-5-6-18-19(16)24-10-8-21(18)12-17-4-2-9-23-17/h1-4,7,9,11,16,18-19H,5-6,8,10,12-14H2. The van der Waals surface area contributed by atoms with E-state index in [0.717, 1.165) is 44.0 Å². The minimum absolute atomic E-state index is 0.280. The lowest BCUT2D eigenvalue weighted by molar-refractivity contribution is -0.0904. The summed E-state index contributed by atoms with van der Waals surface area (Å²) in [5, 5.41) is 0. The van der Waals surface area contributed by atoms with E-state index < -0.39 is 0 Å². The van der Waals surface area contributed by atoms with Gasteiger partial charge in [0.2, 0.25) is 0 Å². The summed E-state index contributed by atoms with van der Waals surface area (Å²) in [5.74, 6) is 1.51. The predicted octanol–water partition coefficient (Wildman–Crippen LogP) is 2.87.